The fraction of sp³-hybridized carbons (Fsp3) is 0.800. The molecule has 0 saturated carbocycles. The fourth-order valence-electron chi connectivity index (χ4n) is 4.06. The van der Waals surface area contributed by atoms with Crippen LogP contribution in [0.3, 0.4) is 0 Å². The van der Waals surface area contributed by atoms with Crippen LogP contribution >= 0.6 is 0 Å². The molecule has 7 unspecified atom stereocenters. The summed E-state index contributed by atoms with van der Waals surface area (Å²) in [7, 11) is -5.84. The molecule has 0 radical (unpaired) electrons. The van der Waals surface area contributed by atoms with Gasteiger partial charge in [0.2, 0.25) is 0 Å². The van der Waals surface area contributed by atoms with Crippen LogP contribution in [-0.4, -0.2) is 91.4 Å². The van der Waals surface area contributed by atoms with E-state index < -0.39 is 100 Å². The maximum Gasteiger partial charge on any atom is 0.405 e. The smallest absolute Gasteiger partial charge is 0.405 e. The van der Waals surface area contributed by atoms with Gasteiger partial charge in [-0.05, 0) is 27.2 Å². The van der Waals surface area contributed by atoms with Crippen LogP contribution in [0.15, 0.2) is 0 Å². The number of alkyl halides is 2. The van der Waals surface area contributed by atoms with Crippen LogP contribution < -0.4 is 0 Å². The van der Waals surface area contributed by atoms with Crippen molar-refractivity contribution in [2.45, 2.75) is 75.5 Å². The molecule has 3 fully saturated rings. The second kappa shape index (κ2) is 9.79. The zero-order valence-electron chi connectivity index (χ0n) is 19.7. The van der Waals surface area contributed by atoms with Gasteiger partial charge in [-0.15, -0.1) is 0 Å². The van der Waals surface area contributed by atoms with Crippen molar-refractivity contribution in [3.63, 3.8) is 0 Å². The van der Waals surface area contributed by atoms with Gasteiger partial charge in [0.15, 0.2) is 18.3 Å². The Morgan fingerprint density at radius 1 is 1.11 bits per heavy atom. The molecule has 0 spiro atoms. The topological polar surface area (TPSA) is 178 Å². The molecule has 7 atom stereocenters. The van der Waals surface area contributed by atoms with Crippen molar-refractivity contribution in [1.82, 2.24) is 0 Å². The predicted molar refractivity (Wildman–Crippen MR) is 109 cm³/mol. The molecule has 2 bridgehead atoms. The number of hydrogen-bond acceptors (Lipinski definition) is 12. The maximum absolute atomic E-state index is 13.4. The third kappa shape index (κ3) is 5.31. The molecule has 0 aliphatic carbocycles. The molecular weight excluding hydrogens is 518 g/mol. The second-order valence-corrected chi connectivity index (χ2v) is 10.7. The SMILES string of the molecule is CCC(C)(C)OC(=O)C1C2OC3C(OC(=O)C31)C2OC(=O)COCC(=O)OC(C)C(F)(F)S(=O)(=O)O. The molecule has 0 aromatic carbocycles. The van der Waals surface area contributed by atoms with Crippen molar-refractivity contribution in [2.75, 3.05) is 13.2 Å². The summed E-state index contributed by atoms with van der Waals surface area (Å²) in [6.07, 6.45) is -5.98. The molecule has 3 saturated heterocycles. The maximum atomic E-state index is 13.4. The lowest BCUT2D eigenvalue weighted by molar-refractivity contribution is -0.175. The number of ether oxygens (including phenoxy) is 6. The van der Waals surface area contributed by atoms with Gasteiger partial charge >= 0.3 is 39.2 Å². The van der Waals surface area contributed by atoms with E-state index in [0.29, 0.717) is 13.3 Å². The van der Waals surface area contributed by atoms with Gasteiger partial charge in [-0.2, -0.15) is 17.2 Å². The molecule has 0 amide bonds. The highest BCUT2D eigenvalue weighted by Gasteiger charge is 2.72. The zero-order chi connectivity index (χ0) is 27.2. The summed E-state index contributed by atoms with van der Waals surface area (Å²) >= 11 is 0. The summed E-state index contributed by atoms with van der Waals surface area (Å²) in [6, 6.07) is 0. The van der Waals surface area contributed by atoms with Crippen LogP contribution in [0.2, 0.25) is 0 Å². The van der Waals surface area contributed by atoms with Gasteiger partial charge in [-0.25, -0.2) is 9.59 Å². The molecule has 0 aromatic rings. The minimum absolute atomic E-state index is 0.503. The van der Waals surface area contributed by atoms with Crippen molar-refractivity contribution in [3.8, 4) is 0 Å². The molecule has 3 heterocycles. The van der Waals surface area contributed by atoms with Gasteiger partial charge in [0.25, 0.3) is 0 Å². The van der Waals surface area contributed by atoms with E-state index in [1.165, 1.54) is 0 Å². The Bertz CT molecular complexity index is 1030. The van der Waals surface area contributed by atoms with E-state index in [0.717, 1.165) is 0 Å². The normalized spacial score (nSPS) is 30.0. The monoisotopic (exact) mass is 544 g/mol. The largest absolute Gasteiger partial charge is 0.459 e. The molecule has 16 heteroatoms. The average molecular weight is 544 g/mol. The van der Waals surface area contributed by atoms with Crippen molar-refractivity contribution < 1.29 is 69.4 Å². The van der Waals surface area contributed by atoms with E-state index in [-0.39, 0.29) is 0 Å². The summed E-state index contributed by atoms with van der Waals surface area (Å²) in [5.74, 6) is -5.85. The lowest BCUT2D eigenvalue weighted by Crippen LogP contribution is -2.49. The Hall–Kier alpha value is -2.43. The highest BCUT2D eigenvalue weighted by Crippen LogP contribution is 2.51. The Labute approximate surface area is 204 Å². The minimum Gasteiger partial charge on any atom is -0.459 e. The van der Waals surface area contributed by atoms with Crippen LogP contribution in [0.25, 0.3) is 0 Å². The van der Waals surface area contributed by atoms with Crippen molar-refractivity contribution in [1.29, 1.82) is 0 Å². The summed E-state index contributed by atoms with van der Waals surface area (Å²) in [4.78, 5) is 49.0. The van der Waals surface area contributed by atoms with E-state index in [1.807, 2.05) is 6.92 Å². The number of hydrogen-bond donors (Lipinski definition) is 1. The van der Waals surface area contributed by atoms with Crippen LogP contribution in [0.1, 0.15) is 34.1 Å². The summed E-state index contributed by atoms with van der Waals surface area (Å²) < 4.78 is 87.3. The van der Waals surface area contributed by atoms with Crippen LogP contribution in [0.4, 0.5) is 8.78 Å². The predicted octanol–water partition coefficient (Wildman–Crippen LogP) is -0.00230. The van der Waals surface area contributed by atoms with Crippen LogP contribution in [0, 0.1) is 11.8 Å². The molecular formula is C20H26F2O13S. The number of carbonyl (C=O) groups is 4. The summed E-state index contributed by atoms with van der Waals surface area (Å²) in [5, 5.41) is -4.76. The highest BCUT2D eigenvalue weighted by atomic mass is 32.2. The van der Waals surface area contributed by atoms with E-state index >= 15 is 0 Å². The molecule has 13 nitrogen and oxygen atoms in total. The minimum atomic E-state index is -5.84. The van der Waals surface area contributed by atoms with E-state index in [2.05, 4.69) is 4.74 Å². The van der Waals surface area contributed by atoms with Crippen molar-refractivity contribution in [3.05, 3.63) is 0 Å². The Balaban J connectivity index is 1.54. The number of halogens is 2. The van der Waals surface area contributed by atoms with Gasteiger partial charge in [-0.3, -0.25) is 14.1 Å². The van der Waals surface area contributed by atoms with Gasteiger partial charge in [0, 0.05) is 0 Å². The Morgan fingerprint density at radius 2 is 1.72 bits per heavy atom. The van der Waals surface area contributed by atoms with Crippen molar-refractivity contribution in [2.24, 2.45) is 11.8 Å². The molecule has 3 rings (SSSR count). The molecule has 36 heavy (non-hydrogen) atoms. The van der Waals surface area contributed by atoms with E-state index in [9.17, 15) is 36.4 Å². The average Bonchev–Trinajstić information content (AvgIpc) is 3.36. The first-order valence-electron chi connectivity index (χ1n) is 10.9. The molecule has 1 N–H and O–H groups in total. The number of fused-ring (bicyclic) bond motifs is 1. The number of esters is 4. The third-order valence-electron chi connectivity index (χ3n) is 6.24. The molecule has 3 aliphatic heterocycles. The summed E-state index contributed by atoms with van der Waals surface area (Å²) in [6.45, 7) is 3.84. The standard InChI is InChI=1S/C20H26F2O13S/c1-5-19(3,4)35-18(26)12-11-13-16(34-17(11)25)15(14(12)33-13)32-10(24)7-30-6-9(23)31-8(2)20(21,22)36(27,28)29/h8,11-16H,5-7H2,1-4H3,(H,27,28,29). The summed E-state index contributed by atoms with van der Waals surface area (Å²) in [5.41, 5.74) is -0.807. The van der Waals surface area contributed by atoms with Gasteiger partial charge < -0.3 is 28.4 Å². The lowest BCUT2D eigenvalue weighted by Gasteiger charge is -2.30. The van der Waals surface area contributed by atoms with E-state index in [4.69, 9.17) is 28.2 Å². The van der Waals surface area contributed by atoms with Crippen LogP contribution in [-0.2, 0) is 57.7 Å². The first kappa shape index (κ1) is 28.1. The lowest BCUT2D eigenvalue weighted by atomic mass is 9.78. The number of rotatable bonds is 11. The van der Waals surface area contributed by atoms with Gasteiger partial charge in [0.05, 0.1) is 0 Å². The molecule has 0 aromatic heterocycles. The van der Waals surface area contributed by atoms with Gasteiger partial charge in [0.1, 0.15) is 42.9 Å². The highest BCUT2D eigenvalue weighted by molar-refractivity contribution is 7.86. The fourth-order valence-corrected chi connectivity index (χ4v) is 4.53. The van der Waals surface area contributed by atoms with E-state index in [1.54, 1.807) is 13.8 Å². The second-order valence-electron chi connectivity index (χ2n) is 9.17. The first-order chi connectivity index (χ1) is 16.5. The van der Waals surface area contributed by atoms with Crippen LogP contribution in [0.5, 0.6) is 0 Å². The molecule has 3 aliphatic rings. The first-order valence-corrected chi connectivity index (χ1v) is 12.3. The Morgan fingerprint density at radius 3 is 2.31 bits per heavy atom. The zero-order valence-corrected chi connectivity index (χ0v) is 20.5. The number of carbonyl (C=O) groups excluding carboxylic acids is 4. The quantitative estimate of drug-likeness (QED) is 0.209. The molecule has 204 valence electrons. The van der Waals surface area contributed by atoms with Gasteiger partial charge in [-0.1, -0.05) is 6.92 Å². The van der Waals surface area contributed by atoms with Crippen molar-refractivity contribution >= 4 is 34.0 Å². The third-order valence-corrected chi connectivity index (χ3v) is 7.26. The Kier molecular flexibility index (Phi) is 7.66.